The van der Waals surface area contributed by atoms with Crippen LogP contribution < -0.4 is 14.0 Å². The Morgan fingerprint density at radius 3 is 1.07 bits per heavy atom. The Balaban J connectivity index is 0.00000123. The van der Waals surface area contributed by atoms with E-state index in [1.165, 1.54) is 13.8 Å². The second-order valence-corrected chi connectivity index (χ2v) is 19.7. The van der Waals surface area contributed by atoms with Crippen LogP contribution in [0.5, 0.6) is 17.2 Å². The number of alkyl halides is 24. The molecule has 0 aliphatic carbocycles. The predicted molar refractivity (Wildman–Crippen MR) is 269 cm³/mol. The molecule has 0 spiro atoms. The number of benzene rings is 4. The second kappa shape index (κ2) is 30.4. The van der Waals surface area contributed by atoms with Crippen LogP contribution in [0.15, 0.2) is 66.7 Å². The highest BCUT2D eigenvalue weighted by atomic mass is 19.4. The number of nitrogens with zero attached hydrogens (tertiary/aromatic N) is 1. The summed E-state index contributed by atoms with van der Waals surface area (Å²) in [5.41, 5.74) is -19.2. The van der Waals surface area contributed by atoms with E-state index in [9.17, 15) is 92.2 Å². The average Bonchev–Trinajstić information content (AvgIpc) is 0.728. The molecule has 0 aliphatic heterocycles. The van der Waals surface area contributed by atoms with Crippen LogP contribution in [0.25, 0.3) is 0 Å². The van der Waals surface area contributed by atoms with Crippen molar-refractivity contribution in [3.63, 3.8) is 0 Å². The molecule has 0 aromatic heterocycles. The van der Waals surface area contributed by atoms with Crippen molar-refractivity contribution in [2.75, 3.05) is 26.3 Å². The number of halogens is 24. The molecule has 492 valence electrons. The third kappa shape index (κ3) is 21.1. The molecular formula is C56H62BF24NO5. The molecule has 2 atom stereocenters. The third-order valence-corrected chi connectivity index (χ3v) is 13.5. The number of unbranched alkanes of at least 4 members (excludes halogenated alkanes) is 8. The standard InChI is InChI=1S/C48H59BF18NO5.C8H3F6/c1-7-13-15-17-19-21-68(40(9-3)69-11-5,22-20-18-16-14-8-2)42(10-4,70-12-6)41-38(48(65,66)67)29-35(47(62,63)64)30-39(41)73-49(71-36-25-31(43(50,51)52)23-32(26-36)44(53,54)55)72-37-27-33(45(56,57)58)24-34(28-37)46(59,60)61;9-7(10,11)5-2-1-3-6(4-5)8(12,13)14/h23-30,40H,7-22H2,1-6H3;2-4H/q+1;-1. The Morgan fingerprint density at radius 2 is 0.759 bits per heavy atom. The summed E-state index contributed by atoms with van der Waals surface area (Å²) in [5.74, 6) is -4.81. The van der Waals surface area contributed by atoms with Gasteiger partial charge < -0.3 is 23.4 Å². The quantitative estimate of drug-likeness (QED) is 0.0149. The fraction of sp³-hybridized carbons (Fsp3) is 0.571. The highest BCUT2D eigenvalue weighted by Crippen LogP contribution is 2.54. The molecule has 6 nitrogen and oxygen atoms in total. The summed E-state index contributed by atoms with van der Waals surface area (Å²) < 4.78 is 362. The zero-order chi connectivity index (χ0) is 66.4. The summed E-state index contributed by atoms with van der Waals surface area (Å²) >= 11 is 0. The minimum absolute atomic E-state index is 0.0346. The first kappa shape index (κ1) is 75.8. The normalized spacial score (nSPS) is 14.3. The number of ether oxygens (including phenoxy) is 2. The van der Waals surface area contributed by atoms with Crippen molar-refractivity contribution < 1.29 is 133 Å². The van der Waals surface area contributed by atoms with Crippen LogP contribution in [0.4, 0.5) is 105 Å². The van der Waals surface area contributed by atoms with E-state index in [0.717, 1.165) is 25.7 Å². The lowest BCUT2D eigenvalue weighted by atomic mass is 9.85. The molecule has 0 aliphatic rings. The number of rotatable bonds is 27. The molecule has 4 rings (SSSR count). The van der Waals surface area contributed by atoms with Gasteiger partial charge in [0.1, 0.15) is 17.2 Å². The van der Waals surface area contributed by atoms with Crippen molar-refractivity contribution in [1.29, 1.82) is 0 Å². The maximum atomic E-state index is 16.0. The van der Waals surface area contributed by atoms with Crippen LogP contribution in [-0.2, 0) is 64.6 Å². The Bertz CT molecular complexity index is 2580. The molecule has 0 bridgehead atoms. The topological polar surface area (TPSA) is 46.2 Å². The molecule has 2 unspecified atom stereocenters. The summed E-state index contributed by atoms with van der Waals surface area (Å²) in [6, 6.07) is 1.06. The summed E-state index contributed by atoms with van der Waals surface area (Å²) in [5, 5.41) is 0. The van der Waals surface area contributed by atoms with E-state index >= 15 is 13.2 Å². The van der Waals surface area contributed by atoms with Crippen molar-refractivity contribution in [2.24, 2.45) is 0 Å². The molecule has 0 N–H and O–H groups in total. The van der Waals surface area contributed by atoms with Gasteiger partial charge in [0.2, 0.25) is 5.72 Å². The van der Waals surface area contributed by atoms with Crippen LogP contribution in [0.3, 0.4) is 0 Å². The second-order valence-electron chi connectivity index (χ2n) is 19.7. The van der Waals surface area contributed by atoms with Gasteiger partial charge in [-0.25, -0.2) is 0 Å². The van der Waals surface area contributed by atoms with Gasteiger partial charge in [-0.15, -0.1) is 6.07 Å². The van der Waals surface area contributed by atoms with Crippen LogP contribution in [0.2, 0.25) is 0 Å². The van der Waals surface area contributed by atoms with Crippen molar-refractivity contribution in [1.82, 2.24) is 0 Å². The molecule has 0 saturated carbocycles. The first-order valence-electron chi connectivity index (χ1n) is 27.1. The van der Waals surface area contributed by atoms with Gasteiger partial charge in [-0.3, -0.25) is 4.48 Å². The van der Waals surface area contributed by atoms with Crippen LogP contribution >= 0.6 is 0 Å². The van der Waals surface area contributed by atoms with Crippen LogP contribution in [-0.4, -0.2) is 44.3 Å². The summed E-state index contributed by atoms with van der Waals surface area (Å²) in [7, 11) is -3.38. The van der Waals surface area contributed by atoms with Crippen LogP contribution in [0, 0.1) is 6.07 Å². The third-order valence-electron chi connectivity index (χ3n) is 13.5. The van der Waals surface area contributed by atoms with Gasteiger partial charge in [0.15, 0.2) is 6.23 Å². The van der Waals surface area contributed by atoms with Gasteiger partial charge in [0, 0.05) is 12.8 Å². The number of quaternary nitrogens is 1. The Hall–Kier alpha value is -5.46. The Morgan fingerprint density at radius 1 is 0.402 bits per heavy atom. The van der Waals surface area contributed by atoms with E-state index in [1.807, 2.05) is 13.8 Å². The monoisotopic (exact) mass is 1300 g/mol. The number of hydrogen-bond acceptors (Lipinski definition) is 5. The van der Waals surface area contributed by atoms with E-state index in [1.54, 1.807) is 19.9 Å². The van der Waals surface area contributed by atoms with E-state index in [2.05, 4.69) is 0 Å². The molecule has 0 saturated heterocycles. The maximum Gasteiger partial charge on any atom is 0.864 e. The molecular weight excluding hydrogens is 1230 g/mol. The summed E-state index contributed by atoms with van der Waals surface area (Å²) in [6.45, 7) is 9.06. The Kier molecular flexibility index (Phi) is 26.5. The molecule has 87 heavy (non-hydrogen) atoms. The summed E-state index contributed by atoms with van der Waals surface area (Å²) in [6.07, 6.45) is -39.4. The smallest absolute Gasteiger partial charge is 0.490 e. The van der Waals surface area contributed by atoms with Gasteiger partial charge in [0.25, 0.3) is 0 Å². The van der Waals surface area contributed by atoms with Gasteiger partial charge in [-0.2, -0.15) is 124 Å². The highest BCUT2D eigenvalue weighted by Gasteiger charge is 2.61. The van der Waals surface area contributed by atoms with Gasteiger partial charge >= 0.3 is 56.7 Å². The van der Waals surface area contributed by atoms with Gasteiger partial charge in [-0.1, -0.05) is 77.3 Å². The minimum atomic E-state index is -5.81. The molecule has 31 heteroatoms. The molecule has 0 heterocycles. The average molecular weight is 1300 g/mol. The Labute approximate surface area is 486 Å². The SMILES string of the molecule is CCCCCCC[N+](CCCCCCC)(C(CC)OCC)C(CC)(OCC)c1c(OB(Oc2cc(C(F)(F)F)cc(C(F)(F)F)c2)Oc2cc(C(F)(F)F)cc(C(F)(F)F)c2)cc(C(F)(F)F)cc1C(F)(F)F.FC(F)(F)c1c[c-]cc(C(F)(F)F)c1. The van der Waals surface area contributed by atoms with Crippen molar-refractivity contribution in [3.05, 3.63) is 123 Å². The highest BCUT2D eigenvalue weighted by molar-refractivity contribution is 6.39. The largest absolute Gasteiger partial charge is 0.864 e. The summed E-state index contributed by atoms with van der Waals surface area (Å²) in [4.78, 5) is 0. The predicted octanol–water partition coefficient (Wildman–Crippen LogP) is 21.0. The lowest BCUT2D eigenvalue weighted by molar-refractivity contribution is -1.05. The molecule has 0 fully saturated rings. The van der Waals surface area contributed by atoms with Crippen molar-refractivity contribution in [2.45, 2.75) is 180 Å². The lowest BCUT2D eigenvalue weighted by Crippen LogP contribution is -2.70. The fourth-order valence-corrected chi connectivity index (χ4v) is 9.73. The first-order valence-corrected chi connectivity index (χ1v) is 27.1. The fourth-order valence-electron chi connectivity index (χ4n) is 9.73. The zero-order valence-corrected chi connectivity index (χ0v) is 47.4. The van der Waals surface area contributed by atoms with Crippen molar-refractivity contribution >= 4 is 7.32 Å². The molecule has 4 aromatic rings. The lowest BCUT2D eigenvalue weighted by Gasteiger charge is -2.56. The minimum Gasteiger partial charge on any atom is -0.490 e. The first-order chi connectivity index (χ1) is 39.9. The van der Waals surface area contributed by atoms with E-state index in [0.29, 0.717) is 37.8 Å². The maximum absolute atomic E-state index is 16.0. The molecule has 4 aromatic carbocycles. The zero-order valence-electron chi connectivity index (χ0n) is 47.4. The van der Waals surface area contributed by atoms with E-state index < -0.39 is 166 Å². The molecule has 0 amide bonds. The molecule has 0 radical (unpaired) electrons. The van der Waals surface area contributed by atoms with Crippen LogP contribution in [0.1, 0.15) is 169 Å². The van der Waals surface area contributed by atoms with E-state index in [-0.39, 0.29) is 81.4 Å². The van der Waals surface area contributed by atoms with E-state index in [4.69, 9.17) is 23.4 Å². The van der Waals surface area contributed by atoms with Gasteiger partial charge in [0.05, 0.1) is 65.2 Å². The number of hydrogen-bond donors (Lipinski definition) is 0. The van der Waals surface area contributed by atoms with Crippen molar-refractivity contribution in [3.8, 4) is 17.2 Å². The van der Waals surface area contributed by atoms with Gasteiger partial charge in [-0.05, 0) is 88.1 Å².